The van der Waals surface area contributed by atoms with Crippen LogP contribution in [0.25, 0.3) is 0 Å². The Morgan fingerprint density at radius 3 is 2.12 bits per heavy atom. The summed E-state index contributed by atoms with van der Waals surface area (Å²) in [7, 11) is 0. The quantitative estimate of drug-likeness (QED) is 0.296. The van der Waals surface area contributed by atoms with Crippen molar-refractivity contribution >= 4 is 17.7 Å². The Balaban J connectivity index is 2.58. The molecule has 2 nitrogen and oxygen atoms in total. The van der Waals surface area contributed by atoms with Crippen molar-refractivity contribution in [2.24, 2.45) is 5.92 Å². The minimum atomic E-state index is -0.657. The molecule has 2 unspecified atom stereocenters. The lowest BCUT2D eigenvalue weighted by Crippen LogP contribution is -2.26. The van der Waals surface area contributed by atoms with Crippen LogP contribution in [0.3, 0.4) is 0 Å². The number of hydrogen-bond acceptors (Lipinski definition) is 2. The summed E-state index contributed by atoms with van der Waals surface area (Å²) in [5.74, 6) is -0.380. The SMILES string of the molecule is CCCCCCCCC(CCCC)C(Sc1ccccc1)C(=O)O. The summed E-state index contributed by atoms with van der Waals surface area (Å²) in [6, 6.07) is 9.97. The van der Waals surface area contributed by atoms with E-state index in [4.69, 9.17) is 0 Å². The van der Waals surface area contributed by atoms with Gasteiger partial charge in [-0.05, 0) is 30.9 Å². The first-order valence-electron chi connectivity index (χ1n) is 9.63. The first-order chi connectivity index (χ1) is 11.7. The summed E-state index contributed by atoms with van der Waals surface area (Å²) in [5.41, 5.74) is 0. The number of aliphatic carboxylic acids is 1. The first-order valence-corrected chi connectivity index (χ1v) is 10.5. The van der Waals surface area contributed by atoms with Crippen LogP contribution < -0.4 is 0 Å². The average Bonchev–Trinajstić information content (AvgIpc) is 2.59. The molecule has 0 spiro atoms. The molecule has 0 aromatic heterocycles. The van der Waals surface area contributed by atoms with Gasteiger partial charge < -0.3 is 5.11 Å². The molecule has 0 amide bonds. The molecule has 2 atom stereocenters. The molecule has 1 aromatic rings. The molecule has 0 saturated carbocycles. The molecule has 1 N–H and O–H groups in total. The highest BCUT2D eigenvalue weighted by atomic mass is 32.2. The highest BCUT2D eigenvalue weighted by Gasteiger charge is 2.28. The summed E-state index contributed by atoms with van der Waals surface area (Å²) >= 11 is 1.53. The monoisotopic (exact) mass is 350 g/mol. The van der Waals surface area contributed by atoms with Gasteiger partial charge in [-0.1, -0.05) is 83.4 Å². The van der Waals surface area contributed by atoms with Gasteiger partial charge in [0.15, 0.2) is 0 Å². The lowest BCUT2D eigenvalue weighted by atomic mass is 9.92. The van der Waals surface area contributed by atoms with Gasteiger partial charge in [0.2, 0.25) is 0 Å². The molecular weight excluding hydrogens is 316 g/mol. The van der Waals surface area contributed by atoms with Crippen LogP contribution >= 0.6 is 11.8 Å². The normalized spacial score (nSPS) is 13.6. The van der Waals surface area contributed by atoms with Gasteiger partial charge in [0, 0.05) is 4.90 Å². The van der Waals surface area contributed by atoms with E-state index in [1.54, 1.807) is 0 Å². The smallest absolute Gasteiger partial charge is 0.317 e. The second kappa shape index (κ2) is 13.3. The molecule has 0 heterocycles. The number of carboxylic acid groups (broad SMARTS) is 1. The van der Waals surface area contributed by atoms with Crippen LogP contribution in [0.4, 0.5) is 0 Å². The van der Waals surface area contributed by atoms with Gasteiger partial charge in [0.25, 0.3) is 0 Å². The van der Waals surface area contributed by atoms with Gasteiger partial charge in [-0.25, -0.2) is 0 Å². The summed E-state index contributed by atoms with van der Waals surface area (Å²) in [6.45, 7) is 4.42. The number of carboxylic acids is 1. The molecule has 0 aliphatic rings. The van der Waals surface area contributed by atoms with Gasteiger partial charge in [0.05, 0.1) is 0 Å². The van der Waals surface area contributed by atoms with Gasteiger partial charge in [-0.15, -0.1) is 11.8 Å². The molecule has 0 radical (unpaired) electrons. The van der Waals surface area contributed by atoms with Crippen LogP contribution in [0.15, 0.2) is 35.2 Å². The molecule has 24 heavy (non-hydrogen) atoms. The van der Waals surface area contributed by atoms with Crippen LogP contribution in [0.5, 0.6) is 0 Å². The highest BCUT2D eigenvalue weighted by Crippen LogP contribution is 2.34. The fraction of sp³-hybridized carbons (Fsp3) is 0.667. The summed E-state index contributed by atoms with van der Waals surface area (Å²) in [5, 5.41) is 9.43. The molecule has 0 aliphatic heterocycles. The average molecular weight is 351 g/mol. The number of hydrogen-bond donors (Lipinski definition) is 1. The maximum Gasteiger partial charge on any atom is 0.317 e. The third-order valence-corrected chi connectivity index (χ3v) is 5.92. The largest absolute Gasteiger partial charge is 0.480 e. The van der Waals surface area contributed by atoms with E-state index in [2.05, 4.69) is 13.8 Å². The van der Waals surface area contributed by atoms with E-state index >= 15 is 0 Å². The molecule has 0 aliphatic carbocycles. The van der Waals surface area contributed by atoms with E-state index in [1.807, 2.05) is 30.3 Å². The second-order valence-corrected chi connectivity index (χ2v) is 7.86. The van der Waals surface area contributed by atoms with Crippen molar-refractivity contribution < 1.29 is 9.90 Å². The third-order valence-electron chi connectivity index (χ3n) is 4.53. The number of benzene rings is 1. The molecule has 3 heteroatoms. The second-order valence-electron chi connectivity index (χ2n) is 6.65. The first kappa shape index (κ1) is 21.1. The number of rotatable bonds is 14. The van der Waals surface area contributed by atoms with Crippen LogP contribution in [-0.2, 0) is 4.79 Å². The molecule has 1 rings (SSSR count). The minimum Gasteiger partial charge on any atom is -0.480 e. The fourth-order valence-electron chi connectivity index (χ4n) is 3.09. The molecular formula is C21H34O2S. The van der Waals surface area contributed by atoms with Gasteiger partial charge >= 0.3 is 5.97 Å². The Labute approximate surface area is 152 Å². The van der Waals surface area contributed by atoms with Crippen molar-refractivity contribution in [3.63, 3.8) is 0 Å². The summed E-state index contributed by atoms with van der Waals surface area (Å²) in [6.07, 6.45) is 11.9. The Morgan fingerprint density at radius 2 is 1.50 bits per heavy atom. The Bertz CT molecular complexity index is 433. The zero-order valence-corrected chi connectivity index (χ0v) is 16.2. The van der Waals surface area contributed by atoms with Crippen molar-refractivity contribution in [1.82, 2.24) is 0 Å². The molecule has 1 aromatic carbocycles. The Kier molecular flexibility index (Phi) is 11.7. The minimum absolute atomic E-state index is 0.277. The van der Waals surface area contributed by atoms with Crippen LogP contribution in [0, 0.1) is 5.92 Å². The maximum absolute atomic E-state index is 11.9. The summed E-state index contributed by atoms with van der Waals surface area (Å²) in [4.78, 5) is 12.9. The van der Waals surface area contributed by atoms with Crippen molar-refractivity contribution in [3.05, 3.63) is 30.3 Å². The van der Waals surface area contributed by atoms with Crippen molar-refractivity contribution in [2.75, 3.05) is 0 Å². The lowest BCUT2D eigenvalue weighted by Gasteiger charge is -2.23. The molecule has 0 saturated heterocycles. The molecule has 0 fully saturated rings. The van der Waals surface area contributed by atoms with Crippen molar-refractivity contribution in [1.29, 1.82) is 0 Å². The molecule has 0 bridgehead atoms. The van der Waals surface area contributed by atoms with E-state index < -0.39 is 5.97 Å². The van der Waals surface area contributed by atoms with Crippen molar-refractivity contribution in [2.45, 2.75) is 88.2 Å². The zero-order chi connectivity index (χ0) is 17.6. The lowest BCUT2D eigenvalue weighted by molar-refractivity contribution is -0.137. The zero-order valence-electron chi connectivity index (χ0n) is 15.4. The Hall–Kier alpha value is -0.960. The van der Waals surface area contributed by atoms with Crippen molar-refractivity contribution in [3.8, 4) is 0 Å². The number of unbranched alkanes of at least 4 members (excludes halogenated alkanes) is 6. The molecule has 136 valence electrons. The van der Waals surface area contributed by atoms with E-state index in [9.17, 15) is 9.90 Å². The van der Waals surface area contributed by atoms with Crippen LogP contribution in [-0.4, -0.2) is 16.3 Å². The van der Waals surface area contributed by atoms with Gasteiger partial charge in [-0.2, -0.15) is 0 Å². The van der Waals surface area contributed by atoms with E-state index in [0.29, 0.717) is 0 Å². The Morgan fingerprint density at radius 1 is 0.917 bits per heavy atom. The van der Waals surface area contributed by atoms with Crippen LogP contribution in [0.1, 0.15) is 78.1 Å². The van der Waals surface area contributed by atoms with Gasteiger partial charge in [0.1, 0.15) is 5.25 Å². The number of thioether (sulfide) groups is 1. The summed E-state index contributed by atoms with van der Waals surface area (Å²) < 4.78 is 0. The van der Waals surface area contributed by atoms with E-state index in [0.717, 1.165) is 37.0 Å². The third kappa shape index (κ3) is 8.77. The van der Waals surface area contributed by atoms with E-state index in [1.165, 1.54) is 43.9 Å². The topological polar surface area (TPSA) is 37.3 Å². The van der Waals surface area contributed by atoms with Gasteiger partial charge in [-0.3, -0.25) is 4.79 Å². The predicted octanol–water partition coefficient (Wildman–Crippen LogP) is 6.79. The maximum atomic E-state index is 11.9. The van der Waals surface area contributed by atoms with Crippen LogP contribution in [0.2, 0.25) is 0 Å². The predicted molar refractivity (Wildman–Crippen MR) is 105 cm³/mol. The standard InChI is InChI=1S/C21H34O2S/c1-3-5-7-8-9-11-15-18(14-6-4-2)20(21(22)23)24-19-16-12-10-13-17-19/h10,12-13,16-18,20H,3-9,11,14-15H2,1-2H3,(H,22,23). The van der Waals surface area contributed by atoms with E-state index in [-0.39, 0.29) is 11.2 Å². The fourth-order valence-corrected chi connectivity index (χ4v) is 4.27. The highest BCUT2D eigenvalue weighted by molar-refractivity contribution is 8.00. The number of carbonyl (C=O) groups is 1.